The van der Waals surface area contributed by atoms with Crippen LogP contribution in [0.4, 0.5) is 0 Å². The fourth-order valence-corrected chi connectivity index (χ4v) is 4.48. The van der Waals surface area contributed by atoms with Crippen LogP contribution in [0.1, 0.15) is 50.3 Å². The zero-order valence-corrected chi connectivity index (χ0v) is 23.2. The van der Waals surface area contributed by atoms with Gasteiger partial charge in [0.1, 0.15) is 11.8 Å². The SMILES string of the molecule is CC(C)NC(=O)[C@@H](Cc1ccccc1)N(Cc1c(Cl)cccc1Cl)C(=O)COc1ccc(C(C)C)cc1. The Bertz CT molecular complexity index is 1160. The van der Waals surface area contributed by atoms with Crippen molar-refractivity contribution in [1.82, 2.24) is 10.2 Å². The molecule has 0 fully saturated rings. The summed E-state index contributed by atoms with van der Waals surface area (Å²) in [5, 5.41) is 3.82. The van der Waals surface area contributed by atoms with Crippen molar-refractivity contribution in [3.63, 3.8) is 0 Å². The number of nitrogens with zero attached hydrogens (tertiary/aromatic N) is 1. The van der Waals surface area contributed by atoms with Gasteiger partial charge < -0.3 is 15.0 Å². The van der Waals surface area contributed by atoms with Gasteiger partial charge in [0.2, 0.25) is 5.91 Å². The molecule has 3 aromatic rings. The lowest BCUT2D eigenvalue weighted by molar-refractivity contribution is -0.143. The van der Waals surface area contributed by atoms with Crippen LogP contribution in [0.15, 0.2) is 72.8 Å². The molecule has 3 rings (SSSR count). The van der Waals surface area contributed by atoms with Gasteiger partial charge in [-0.05, 0) is 55.2 Å². The van der Waals surface area contributed by atoms with E-state index in [0.717, 1.165) is 5.56 Å². The first-order valence-corrected chi connectivity index (χ1v) is 13.2. The van der Waals surface area contributed by atoms with Crippen LogP contribution in [0.25, 0.3) is 0 Å². The minimum Gasteiger partial charge on any atom is -0.484 e. The Labute approximate surface area is 229 Å². The molecule has 2 amide bonds. The molecule has 0 aliphatic carbocycles. The smallest absolute Gasteiger partial charge is 0.261 e. The molecule has 0 unspecified atom stereocenters. The Hall–Kier alpha value is -3.02. The molecule has 0 heterocycles. The number of ether oxygens (including phenoxy) is 1. The van der Waals surface area contributed by atoms with Crippen LogP contribution in [0.2, 0.25) is 10.0 Å². The fourth-order valence-electron chi connectivity index (χ4n) is 3.97. The highest BCUT2D eigenvalue weighted by atomic mass is 35.5. The highest BCUT2D eigenvalue weighted by Crippen LogP contribution is 2.27. The third kappa shape index (κ3) is 8.24. The van der Waals surface area contributed by atoms with Crippen molar-refractivity contribution >= 4 is 35.0 Å². The third-order valence-electron chi connectivity index (χ3n) is 6.00. The van der Waals surface area contributed by atoms with Gasteiger partial charge in [0.05, 0.1) is 0 Å². The third-order valence-corrected chi connectivity index (χ3v) is 6.71. The molecule has 0 spiro atoms. The first-order valence-electron chi connectivity index (χ1n) is 12.4. The van der Waals surface area contributed by atoms with E-state index >= 15 is 0 Å². The summed E-state index contributed by atoms with van der Waals surface area (Å²) in [6.07, 6.45) is 0.330. The second-order valence-corrected chi connectivity index (χ2v) is 10.4. The van der Waals surface area contributed by atoms with E-state index in [0.29, 0.717) is 33.7 Å². The van der Waals surface area contributed by atoms with Gasteiger partial charge in [-0.15, -0.1) is 0 Å². The lowest BCUT2D eigenvalue weighted by Crippen LogP contribution is -2.52. The maximum absolute atomic E-state index is 13.7. The van der Waals surface area contributed by atoms with E-state index < -0.39 is 6.04 Å². The van der Waals surface area contributed by atoms with Crippen LogP contribution in [0.3, 0.4) is 0 Å². The van der Waals surface area contributed by atoms with Crippen molar-refractivity contribution in [1.29, 1.82) is 0 Å². The molecule has 3 aromatic carbocycles. The van der Waals surface area contributed by atoms with Crippen LogP contribution < -0.4 is 10.1 Å². The van der Waals surface area contributed by atoms with Crippen LogP contribution in [0.5, 0.6) is 5.75 Å². The average Bonchev–Trinajstić information content (AvgIpc) is 2.86. The van der Waals surface area contributed by atoms with E-state index in [-0.39, 0.29) is 31.0 Å². The van der Waals surface area contributed by atoms with E-state index in [1.54, 1.807) is 18.2 Å². The van der Waals surface area contributed by atoms with E-state index in [4.69, 9.17) is 27.9 Å². The van der Waals surface area contributed by atoms with Crippen molar-refractivity contribution in [2.24, 2.45) is 0 Å². The molecule has 1 N–H and O–H groups in total. The topological polar surface area (TPSA) is 58.6 Å². The number of nitrogens with one attached hydrogen (secondary N) is 1. The number of hydrogen-bond acceptors (Lipinski definition) is 3. The second kappa shape index (κ2) is 13.5. The standard InChI is InChI=1S/C30H34Cl2N2O3/c1-20(2)23-13-15-24(16-14-23)37-19-29(35)34(18-25-26(31)11-8-12-27(25)32)28(30(36)33-21(3)4)17-22-9-6-5-7-10-22/h5-16,20-21,28H,17-19H2,1-4H3,(H,33,36)/t28-/m1/s1. The lowest BCUT2D eigenvalue weighted by atomic mass is 10.0. The van der Waals surface area contributed by atoms with Gasteiger partial charge in [0.15, 0.2) is 6.61 Å². The molecule has 0 bridgehead atoms. The summed E-state index contributed by atoms with van der Waals surface area (Å²) in [5.41, 5.74) is 2.69. The molecule has 0 aliphatic heterocycles. The lowest BCUT2D eigenvalue weighted by Gasteiger charge is -2.32. The van der Waals surface area contributed by atoms with Gasteiger partial charge >= 0.3 is 0 Å². The Kier molecular flexibility index (Phi) is 10.4. The maximum atomic E-state index is 13.7. The van der Waals surface area contributed by atoms with Crippen molar-refractivity contribution in [3.8, 4) is 5.75 Å². The minimum absolute atomic E-state index is 0.0655. The van der Waals surface area contributed by atoms with E-state index in [1.807, 2.05) is 68.4 Å². The molecule has 37 heavy (non-hydrogen) atoms. The van der Waals surface area contributed by atoms with Gasteiger partial charge in [-0.3, -0.25) is 9.59 Å². The summed E-state index contributed by atoms with van der Waals surface area (Å²) in [5.74, 6) is 0.380. The molecule has 0 radical (unpaired) electrons. The normalized spacial score (nSPS) is 11.9. The summed E-state index contributed by atoms with van der Waals surface area (Å²) >= 11 is 12.9. The molecule has 0 aromatic heterocycles. The Morgan fingerprint density at radius 2 is 1.49 bits per heavy atom. The quantitative estimate of drug-likeness (QED) is 0.295. The number of benzene rings is 3. The zero-order valence-electron chi connectivity index (χ0n) is 21.7. The van der Waals surface area contributed by atoms with Gasteiger partial charge in [0.25, 0.3) is 5.91 Å². The molecule has 7 heteroatoms. The number of carbonyl (C=O) groups excluding carboxylic acids is 2. The van der Waals surface area contributed by atoms with Gasteiger partial charge in [0, 0.05) is 34.6 Å². The van der Waals surface area contributed by atoms with Gasteiger partial charge in [-0.1, -0.05) is 85.6 Å². The Morgan fingerprint density at radius 3 is 2.05 bits per heavy atom. The van der Waals surface area contributed by atoms with Crippen molar-refractivity contribution in [2.45, 2.75) is 58.7 Å². The van der Waals surface area contributed by atoms with Crippen molar-refractivity contribution in [3.05, 3.63) is 99.5 Å². The monoisotopic (exact) mass is 540 g/mol. The number of amides is 2. The molecule has 0 aliphatic rings. The van der Waals surface area contributed by atoms with Crippen molar-refractivity contribution < 1.29 is 14.3 Å². The van der Waals surface area contributed by atoms with Crippen molar-refractivity contribution in [2.75, 3.05) is 6.61 Å². The first-order chi connectivity index (χ1) is 17.7. The molecular formula is C30H34Cl2N2O3. The Balaban J connectivity index is 1.93. The molecule has 1 atom stereocenters. The number of hydrogen-bond donors (Lipinski definition) is 1. The summed E-state index contributed by atoms with van der Waals surface area (Å²) in [7, 11) is 0. The first kappa shape index (κ1) is 28.5. The van der Waals surface area contributed by atoms with Gasteiger partial charge in [-0.25, -0.2) is 0 Å². The van der Waals surface area contributed by atoms with Crippen LogP contribution in [0, 0.1) is 0 Å². The number of carbonyl (C=O) groups is 2. The average molecular weight is 542 g/mol. The Morgan fingerprint density at radius 1 is 0.865 bits per heavy atom. The predicted molar refractivity (Wildman–Crippen MR) is 150 cm³/mol. The molecule has 0 saturated carbocycles. The van der Waals surface area contributed by atoms with E-state index in [1.165, 1.54) is 10.5 Å². The van der Waals surface area contributed by atoms with E-state index in [2.05, 4.69) is 19.2 Å². The number of rotatable bonds is 11. The summed E-state index contributed by atoms with van der Waals surface area (Å²) in [6, 6.07) is 21.6. The van der Waals surface area contributed by atoms with Crippen LogP contribution in [-0.4, -0.2) is 35.4 Å². The highest BCUT2D eigenvalue weighted by molar-refractivity contribution is 6.36. The minimum atomic E-state index is -0.795. The summed E-state index contributed by atoms with van der Waals surface area (Å²) < 4.78 is 5.85. The number of halogens is 2. The second-order valence-electron chi connectivity index (χ2n) is 9.60. The van der Waals surface area contributed by atoms with Crippen LogP contribution >= 0.6 is 23.2 Å². The summed E-state index contributed by atoms with van der Waals surface area (Å²) in [6.45, 7) is 7.84. The summed E-state index contributed by atoms with van der Waals surface area (Å²) in [4.78, 5) is 28.6. The van der Waals surface area contributed by atoms with Crippen LogP contribution in [-0.2, 0) is 22.6 Å². The fraction of sp³-hybridized carbons (Fsp3) is 0.333. The van der Waals surface area contributed by atoms with Gasteiger partial charge in [-0.2, -0.15) is 0 Å². The van der Waals surface area contributed by atoms with E-state index in [9.17, 15) is 9.59 Å². The zero-order chi connectivity index (χ0) is 26.9. The molecule has 196 valence electrons. The molecule has 5 nitrogen and oxygen atoms in total. The highest BCUT2D eigenvalue weighted by Gasteiger charge is 2.32. The largest absolute Gasteiger partial charge is 0.484 e. The molecule has 0 saturated heterocycles. The molecular weight excluding hydrogens is 507 g/mol. The maximum Gasteiger partial charge on any atom is 0.261 e. The predicted octanol–water partition coefficient (Wildman–Crippen LogP) is 6.66.